The Morgan fingerprint density at radius 2 is 2.59 bits per heavy atom. The SMILES string of the molecule is C#CCNCC(=O)N1CCc2sccc2C1C. The Morgan fingerprint density at radius 1 is 1.76 bits per heavy atom. The predicted octanol–water partition coefficient (Wildman–Crippen LogP) is 1.42. The van der Waals surface area contributed by atoms with Crippen molar-refractivity contribution in [3.05, 3.63) is 21.9 Å². The number of terminal acetylenes is 1. The predicted molar refractivity (Wildman–Crippen MR) is 69.9 cm³/mol. The first-order valence-electron chi connectivity index (χ1n) is 5.74. The van der Waals surface area contributed by atoms with E-state index in [1.165, 1.54) is 10.4 Å². The zero-order valence-electron chi connectivity index (χ0n) is 9.90. The summed E-state index contributed by atoms with van der Waals surface area (Å²) < 4.78 is 0. The molecule has 0 spiro atoms. The topological polar surface area (TPSA) is 32.3 Å². The van der Waals surface area contributed by atoms with Crippen LogP contribution in [0.1, 0.15) is 23.4 Å². The van der Waals surface area contributed by atoms with Crippen LogP contribution >= 0.6 is 11.3 Å². The number of carbonyl (C=O) groups excluding carboxylic acids is 1. The molecule has 1 N–H and O–H groups in total. The number of rotatable bonds is 3. The molecule has 0 fully saturated rings. The molecule has 1 aromatic heterocycles. The van der Waals surface area contributed by atoms with E-state index in [9.17, 15) is 4.79 Å². The minimum atomic E-state index is 0.129. The summed E-state index contributed by atoms with van der Waals surface area (Å²) in [5.41, 5.74) is 1.30. The summed E-state index contributed by atoms with van der Waals surface area (Å²) in [5.74, 6) is 2.60. The number of thiophene rings is 1. The zero-order valence-corrected chi connectivity index (χ0v) is 10.7. The van der Waals surface area contributed by atoms with Gasteiger partial charge in [-0.15, -0.1) is 17.8 Å². The van der Waals surface area contributed by atoms with E-state index in [1.807, 2.05) is 4.90 Å². The molecular weight excluding hydrogens is 232 g/mol. The maximum absolute atomic E-state index is 12.0. The van der Waals surface area contributed by atoms with Crippen molar-refractivity contribution in [2.45, 2.75) is 19.4 Å². The first kappa shape index (κ1) is 12.2. The van der Waals surface area contributed by atoms with Gasteiger partial charge in [0.1, 0.15) is 0 Å². The Kier molecular flexibility index (Phi) is 3.82. The molecule has 0 aromatic carbocycles. The van der Waals surface area contributed by atoms with Gasteiger partial charge in [0, 0.05) is 11.4 Å². The first-order valence-corrected chi connectivity index (χ1v) is 6.62. The zero-order chi connectivity index (χ0) is 12.3. The van der Waals surface area contributed by atoms with E-state index >= 15 is 0 Å². The van der Waals surface area contributed by atoms with Crippen LogP contribution in [0.25, 0.3) is 0 Å². The molecule has 1 atom stereocenters. The highest BCUT2D eigenvalue weighted by Crippen LogP contribution is 2.32. The van der Waals surface area contributed by atoms with Crippen LogP contribution in [-0.2, 0) is 11.2 Å². The van der Waals surface area contributed by atoms with Crippen molar-refractivity contribution in [2.75, 3.05) is 19.6 Å². The third-order valence-electron chi connectivity index (χ3n) is 3.10. The maximum atomic E-state index is 12.0. The number of nitrogens with zero attached hydrogens (tertiary/aromatic N) is 1. The van der Waals surface area contributed by atoms with Crippen molar-refractivity contribution < 1.29 is 4.79 Å². The summed E-state index contributed by atoms with van der Waals surface area (Å²) in [6.45, 7) is 3.67. The molecule has 0 aliphatic carbocycles. The van der Waals surface area contributed by atoms with Gasteiger partial charge in [-0.05, 0) is 30.4 Å². The van der Waals surface area contributed by atoms with Gasteiger partial charge in [-0.1, -0.05) is 5.92 Å². The Hall–Kier alpha value is -1.31. The van der Waals surface area contributed by atoms with Crippen LogP contribution < -0.4 is 5.32 Å². The molecular formula is C13H16N2OS. The van der Waals surface area contributed by atoms with Gasteiger partial charge in [0.15, 0.2) is 0 Å². The van der Waals surface area contributed by atoms with Crippen molar-refractivity contribution in [1.29, 1.82) is 0 Å². The van der Waals surface area contributed by atoms with Gasteiger partial charge in [-0.3, -0.25) is 10.1 Å². The lowest BCUT2D eigenvalue weighted by molar-refractivity contribution is -0.132. The number of hydrogen-bond donors (Lipinski definition) is 1. The molecule has 17 heavy (non-hydrogen) atoms. The van der Waals surface area contributed by atoms with Gasteiger partial charge in [0.25, 0.3) is 0 Å². The smallest absolute Gasteiger partial charge is 0.237 e. The molecule has 90 valence electrons. The molecule has 0 bridgehead atoms. The van der Waals surface area contributed by atoms with E-state index in [-0.39, 0.29) is 11.9 Å². The largest absolute Gasteiger partial charge is 0.334 e. The highest BCUT2D eigenvalue weighted by atomic mass is 32.1. The maximum Gasteiger partial charge on any atom is 0.237 e. The Morgan fingerprint density at radius 3 is 3.35 bits per heavy atom. The molecule has 0 radical (unpaired) electrons. The van der Waals surface area contributed by atoms with Gasteiger partial charge in [0.2, 0.25) is 5.91 Å². The second kappa shape index (κ2) is 5.35. The highest BCUT2D eigenvalue weighted by Gasteiger charge is 2.27. The molecule has 4 heteroatoms. The minimum Gasteiger partial charge on any atom is -0.334 e. The van der Waals surface area contributed by atoms with Crippen LogP contribution in [0.2, 0.25) is 0 Å². The Bertz CT molecular complexity index is 447. The second-order valence-corrected chi connectivity index (χ2v) is 5.12. The third-order valence-corrected chi connectivity index (χ3v) is 4.10. The molecule has 0 saturated heterocycles. The fourth-order valence-electron chi connectivity index (χ4n) is 2.19. The lowest BCUT2D eigenvalue weighted by Crippen LogP contribution is -2.42. The van der Waals surface area contributed by atoms with Gasteiger partial charge >= 0.3 is 0 Å². The van der Waals surface area contributed by atoms with Crippen LogP contribution in [0.3, 0.4) is 0 Å². The van der Waals surface area contributed by atoms with Crippen molar-refractivity contribution in [3.63, 3.8) is 0 Å². The second-order valence-electron chi connectivity index (χ2n) is 4.12. The summed E-state index contributed by atoms with van der Waals surface area (Å²) >= 11 is 1.78. The van der Waals surface area contributed by atoms with E-state index in [0.717, 1.165) is 13.0 Å². The fraction of sp³-hybridized carbons (Fsp3) is 0.462. The van der Waals surface area contributed by atoms with Gasteiger partial charge < -0.3 is 4.90 Å². The molecule has 1 aromatic rings. The molecule has 3 nitrogen and oxygen atoms in total. The van der Waals surface area contributed by atoms with E-state index in [2.05, 4.69) is 29.6 Å². The van der Waals surface area contributed by atoms with Gasteiger partial charge in [-0.2, -0.15) is 0 Å². The lowest BCUT2D eigenvalue weighted by Gasteiger charge is -2.33. The van der Waals surface area contributed by atoms with E-state index in [1.54, 1.807) is 11.3 Å². The van der Waals surface area contributed by atoms with Crippen molar-refractivity contribution in [3.8, 4) is 12.3 Å². The number of carbonyl (C=O) groups is 1. The number of amides is 1. The standard InChI is InChI=1S/C13H16N2OS/c1-3-6-14-9-13(16)15-7-4-12-11(10(15)2)5-8-17-12/h1,5,8,10,14H,4,6-7,9H2,2H3. The van der Waals surface area contributed by atoms with Crippen LogP contribution in [-0.4, -0.2) is 30.4 Å². The van der Waals surface area contributed by atoms with Crippen LogP contribution in [0.15, 0.2) is 11.4 Å². The van der Waals surface area contributed by atoms with E-state index in [0.29, 0.717) is 13.1 Å². The first-order chi connectivity index (χ1) is 8.24. The monoisotopic (exact) mass is 248 g/mol. The Labute approximate surface area is 106 Å². The van der Waals surface area contributed by atoms with E-state index in [4.69, 9.17) is 6.42 Å². The molecule has 2 heterocycles. The average molecular weight is 248 g/mol. The fourth-order valence-corrected chi connectivity index (χ4v) is 3.16. The molecule has 1 unspecified atom stereocenters. The summed E-state index contributed by atoms with van der Waals surface area (Å²) in [6, 6.07) is 2.31. The summed E-state index contributed by atoms with van der Waals surface area (Å²) in [5, 5.41) is 5.05. The van der Waals surface area contributed by atoms with Gasteiger partial charge in [0.05, 0.1) is 19.1 Å². The normalized spacial score (nSPS) is 18.6. The number of nitrogens with one attached hydrogen (secondary N) is 1. The van der Waals surface area contributed by atoms with E-state index < -0.39 is 0 Å². The number of fused-ring (bicyclic) bond motifs is 1. The van der Waals surface area contributed by atoms with Crippen LogP contribution in [0.4, 0.5) is 0 Å². The molecule has 1 aliphatic heterocycles. The van der Waals surface area contributed by atoms with Crippen molar-refractivity contribution >= 4 is 17.2 Å². The van der Waals surface area contributed by atoms with Crippen molar-refractivity contribution in [1.82, 2.24) is 10.2 Å². The van der Waals surface area contributed by atoms with Crippen molar-refractivity contribution in [2.24, 2.45) is 0 Å². The molecule has 1 aliphatic rings. The quantitative estimate of drug-likeness (QED) is 0.648. The Balaban J connectivity index is 2.00. The average Bonchev–Trinajstić information content (AvgIpc) is 2.78. The van der Waals surface area contributed by atoms with Crippen LogP contribution in [0.5, 0.6) is 0 Å². The third kappa shape index (κ3) is 2.51. The summed E-state index contributed by atoms with van der Waals surface area (Å²) in [4.78, 5) is 15.4. The summed E-state index contributed by atoms with van der Waals surface area (Å²) in [6.07, 6.45) is 6.10. The number of hydrogen-bond acceptors (Lipinski definition) is 3. The minimum absolute atomic E-state index is 0.129. The summed E-state index contributed by atoms with van der Waals surface area (Å²) in [7, 11) is 0. The molecule has 0 saturated carbocycles. The molecule has 1 amide bonds. The van der Waals surface area contributed by atoms with Gasteiger partial charge in [-0.25, -0.2) is 0 Å². The van der Waals surface area contributed by atoms with Crippen LogP contribution in [0, 0.1) is 12.3 Å². The lowest BCUT2D eigenvalue weighted by atomic mass is 10.0. The highest BCUT2D eigenvalue weighted by molar-refractivity contribution is 7.10. The molecule has 2 rings (SSSR count).